The normalized spacial score (nSPS) is 13.3. The van der Waals surface area contributed by atoms with Gasteiger partial charge in [-0.1, -0.05) is 17.8 Å². The van der Waals surface area contributed by atoms with Gasteiger partial charge >= 0.3 is 0 Å². The first-order valence-electron chi connectivity index (χ1n) is 9.74. The van der Waals surface area contributed by atoms with Crippen molar-refractivity contribution in [2.24, 2.45) is 0 Å². The molecule has 0 saturated heterocycles. The second-order valence-corrected chi connectivity index (χ2v) is 8.36. The number of hydrogen-bond acceptors (Lipinski definition) is 6. The van der Waals surface area contributed by atoms with Crippen LogP contribution in [0.2, 0.25) is 0 Å². The van der Waals surface area contributed by atoms with Gasteiger partial charge in [-0.2, -0.15) is 9.83 Å². The fraction of sp³-hybridized carbons (Fsp3) is 0.136. The molecule has 1 aromatic carbocycles. The van der Waals surface area contributed by atoms with Gasteiger partial charge in [0.25, 0.3) is 5.91 Å². The molecule has 9 heteroatoms. The van der Waals surface area contributed by atoms with E-state index in [-0.39, 0.29) is 11.7 Å². The maximum atomic E-state index is 12.9. The molecule has 1 aliphatic rings. The van der Waals surface area contributed by atoms with Gasteiger partial charge in [0.1, 0.15) is 0 Å². The van der Waals surface area contributed by atoms with Crippen molar-refractivity contribution in [3.8, 4) is 5.69 Å². The van der Waals surface area contributed by atoms with E-state index in [2.05, 4.69) is 15.4 Å². The number of hydrogen-bond donors (Lipinski definition) is 1. The van der Waals surface area contributed by atoms with E-state index in [4.69, 9.17) is 0 Å². The van der Waals surface area contributed by atoms with Crippen LogP contribution in [-0.4, -0.2) is 26.7 Å². The molecule has 1 fully saturated rings. The molecular weight excluding hydrogens is 414 g/mol. The second kappa shape index (κ2) is 7.84. The van der Waals surface area contributed by atoms with Crippen molar-refractivity contribution in [3.05, 3.63) is 88.2 Å². The molecular formula is C22H17N5O3S. The van der Waals surface area contributed by atoms with Crippen LogP contribution in [0, 0.1) is 5.21 Å². The lowest BCUT2D eigenvalue weighted by Gasteiger charge is -2.12. The SMILES string of the molecule is O=C(NC1CC1)c1nn(-c2cccc(Sc3ccc[n+]([O-])c3)c2)c2ncccc2c1=O. The standard InChI is InChI=1S/C22H17N5O3S/c28-20-18-7-2-10-23-21(18)27(25-19(20)22(29)24-14-8-9-14)15-4-1-5-16(12-15)31-17-6-3-11-26(30)13-17/h1-7,10-14H,8-9H2,(H,24,29). The summed E-state index contributed by atoms with van der Waals surface area (Å²) >= 11 is 1.42. The van der Waals surface area contributed by atoms with Gasteiger partial charge in [0.15, 0.2) is 23.7 Å². The summed E-state index contributed by atoms with van der Waals surface area (Å²) in [4.78, 5) is 31.5. The van der Waals surface area contributed by atoms with E-state index in [9.17, 15) is 14.8 Å². The van der Waals surface area contributed by atoms with Gasteiger partial charge in [-0.3, -0.25) is 9.59 Å². The van der Waals surface area contributed by atoms with Crippen molar-refractivity contribution in [1.29, 1.82) is 0 Å². The Morgan fingerprint density at radius 1 is 1.16 bits per heavy atom. The first kappa shape index (κ1) is 19.3. The lowest BCUT2D eigenvalue weighted by molar-refractivity contribution is -0.607. The Bertz CT molecular complexity index is 1370. The van der Waals surface area contributed by atoms with Crippen LogP contribution < -0.4 is 15.5 Å². The lowest BCUT2D eigenvalue weighted by atomic mass is 10.2. The number of carbonyl (C=O) groups is 1. The van der Waals surface area contributed by atoms with Crippen molar-refractivity contribution in [3.63, 3.8) is 0 Å². The van der Waals surface area contributed by atoms with Crippen LogP contribution in [-0.2, 0) is 0 Å². The van der Waals surface area contributed by atoms with E-state index >= 15 is 0 Å². The number of nitrogens with one attached hydrogen (secondary N) is 1. The maximum Gasteiger partial charge on any atom is 0.276 e. The zero-order valence-electron chi connectivity index (χ0n) is 16.3. The highest BCUT2D eigenvalue weighted by Gasteiger charge is 2.27. The number of carbonyl (C=O) groups excluding carboxylic acids is 1. The number of benzene rings is 1. The average Bonchev–Trinajstić information content (AvgIpc) is 3.58. The predicted octanol–water partition coefficient (Wildman–Crippen LogP) is 2.46. The van der Waals surface area contributed by atoms with E-state index in [0.29, 0.717) is 16.7 Å². The Labute approximate surface area is 181 Å². The second-order valence-electron chi connectivity index (χ2n) is 7.21. The molecule has 31 heavy (non-hydrogen) atoms. The highest BCUT2D eigenvalue weighted by atomic mass is 32.2. The number of rotatable bonds is 5. The van der Waals surface area contributed by atoms with Crippen LogP contribution in [0.4, 0.5) is 0 Å². The lowest BCUT2D eigenvalue weighted by Crippen LogP contribution is -2.33. The van der Waals surface area contributed by atoms with Crippen molar-refractivity contribution in [2.75, 3.05) is 0 Å². The molecule has 3 heterocycles. The third-order valence-corrected chi connectivity index (χ3v) is 5.79. The number of amides is 1. The van der Waals surface area contributed by atoms with Crippen LogP contribution in [0.1, 0.15) is 23.3 Å². The van der Waals surface area contributed by atoms with E-state index in [1.165, 1.54) is 28.8 Å². The third-order valence-electron chi connectivity index (χ3n) is 4.82. The van der Waals surface area contributed by atoms with Gasteiger partial charge in [-0.05, 0) is 49.2 Å². The van der Waals surface area contributed by atoms with E-state index < -0.39 is 11.3 Å². The number of pyridine rings is 2. The maximum absolute atomic E-state index is 12.9. The monoisotopic (exact) mass is 431 g/mol. The average molecular weight is 431 g/mol. The zero-order valence-corrected chi connectivity index (χ0v) is 17.1. The summed E-state index contributed by atoms with van der Waals surface area (Å²) in [6.45, 7) is 0. The Hall–Kier alpha value is -3.72. The first-order valence-corrected chi connectivity index (χ1v) is 10.6. The Balaban J connectivity index is 1.60. The van der Waals surface area contributed by atoms with E-state index in [0.717, 1.165) is 27.4 Å². The minimum atomic E-state index is -0.471. The van der Waals surface area contributed by atoms with E-state index in [1.54, 1.807) is 24.4 Å². The molecule has 0 spiro atoms. The molecule has 1 amide bonds. The summed E-state index contributed by atoms with van der Waals surface area (Å²) in [6.07, 6.45) is 6.33. The van der Waals surface area contributed by atoms with Crippen molar-refractivity contribution < 1.29 is 9.52 Å². The Kier molecular flexibility index (Phi) is 4.87. The van der Waals surface area contributed by atoms with Crippen LogP contribution in [0.3, 0.4) is 0 Å². The Morgan fingerprint density at radius 3 is 2.81 bits per heavy atom. The van der Waals surface area contributed by atoms with Crippen molar-refractivity contribution in [2.45, 2.75) is 28.7 Å². The zero-order chi connectivity index (χ0) is 21.4. The van der Waals surface area contributed by atoms with Crippen molar-refractivity contribution in [1.82, 2.24) is 20.1 Å². The van der Waals surface area contributed by atoms with Crippen LogP contribution in [0.15, 0.2) is 81.7 Å². The third kappa shape index (κ3) is 3.99. The fourth-order valence-corrected chi connectivity index (χ4v) is 4.08. The largest absolute Gasteiger partial charge is 0.619 e. The molecule has 0 radical (unpaired) electrons. The molecule has 0 bridgehead atoms. The molecule has 0 atom stereocenters. The number of fused-ring (bicyclic) bond motifs is 1. The summed E-state index contributed by atoms with van der Waals surface area (Å²) in [5, 5.41) is 19.1. The van der Waals surface area contributed by atoms with Gasteiger partial charge in [0.05, 0.1) is 16.0 Å². The molecule has 3 aromatic heterocycles. The molecule has 1 saturated carbocycles. The highest BCUT2D eigenvalue weighted by Crippen LogP contribution is 2.28. The first-order chi connectivity index (χ1) is 15.1. The van der Waals surface area contributed by atoms with Crippen LogP contribution in [0.5, 0.6) is 0 Å². The summed E-state index contributed by atoms with van der Waals surface area (Å²) in [6, 6.07) is 14.4. The van der Waals surface area contributed by atoms with Crippen LogP contribution in [0.25, 0.3) is 16.7 Å². The molecule has 4 aromatic rings. The molecule has 8 nitrogen and oxygen atoms in total. The fourth-order valence-electron chi connectivity index (χ4n) is 3.18. The van der Waals surface area contributed by atoms with Gasteiger partial charge < -0.3 is 10.5 Å². The minimum Gasteiger partial charge on any atom is -0.619 e. The minimum absolute atomic E-state index is 0.112. The molecule has 154 valence electrons. The number of nitrogens with zero attached hydrogens (tertiary/aromatic N) is 4. The van der Waals surface area contributed by atoms with Gasteiger partial charge in [-0.15, -0.1) is 0 Å². The molecule has 0 aliphatic heterocycles. The quantitative estimate of drug-likeness (QED) is 0.385. The highest BCUT2D eigenvalue weighted by molar-refractivity contribution is 7.99. The molecule has 1 N–H and O–H groups in total. The molecule has 5 rings (SSSR count). The topological polar surface area (TPSA) is 104 Å². The van der Waals surface area contributed by atoms with E-state index in [1.807, 2.05) is 30.3 Å². The summed E-state index contributed by atoms with van der Waals surface area (Å²) in [5.74, 6) is -0.471. The smallest absolute Gasteiger partial charge is 0.276 e. The predicted molar refractivity (Wildman–Crippen MR) is 115 cm³/mol. The van der Waals surface area contributed by atoms with Crippen molar-refractivity contribution >= 4 is 28.7 Å². The van der Waals surface area contributed by atoms with Crippen LogP contribution >= 0.6 is 11.8 Å². The summed E-state index contributed by atoms with van der Waals surface area (Å²) in [7, 11) is 0. The number of aromatic nitrogens is 4. The molecule has 1 aliphatic carbocycles. The Morgan fingerprint density at radius 2 is 2.00 bits per heavy atom. The summed E-state index contributed by atoms with van der Waals surface area (Å²) < 4.78 is 2.26. The van der Waals surface area contributed by atoms with Gasteiger partial charge in [-0.25, -0.2) is 9.67 Å². The summed E-state index contributed by atoms with van der Waals surface area (Å²) in [5.41, 5.74) is 0.433. The molecule has 0 unspecified atom stereocenters. The van der Waals surface area contributed by atoms with Gasteiger partial charge in [0.2, 0.25) is 5.43 Å². The van der Waals surface area contributed by atoms with Gasteiger partial charge in [0, 0.05) is 23.2 Å².